The van der Waals surface area contributed by atoms with Crippen LogP contribution in [-0.2, 0) is 11.0 Å². The first-order valence-electron chi connectivity index (χ1n) is 5.96. The Morgan fingerprint density at radius 3 is 2.67 bits per heavy atom. The van der Waals surface area contributed by atoms with Crippen molar-refractivity contribution in [2.45, 2.75) is 13.1 Å². The van der Waals surface area contributed by atoms with Gasteiger partial charge in [-0.25, -0.2) is 9.97 Å². The quantitative estimate of drug-likeness (QED) is 0.679. The Morgan fingerprint density at radius 2 is 2.10 bits per heavy atom. The average molecular weight is 328 g/mol. The van der Waals surface area contributed by atoms with Gasteiger partial charge >= 0.3 is 6.18 Å². The Labute approximate surface area is 126 Å². The van der Waals surface area contributed by atoms with E-state index < -0.39 is 11.9 Å². The van der Waals surface area contributed by atoms with Crippen LogP contribution in [0.3, 0.4) is 0 Å². The van der Waals surface area contributed by atoms with Crippen LogP contribution < -0.4 is 16.4 Å². The molecule has 1 aromatic heterocycles. The maximum absolute atomic E-state index is 12.4. The molecule has 120 valence electrons. The summed E-state index contributed by atoms with van der Waals surface area (Å²) in [5.41, 5.74) is 4.30. The number of nitrogens with one attached hydrogen (secondary N) is 2. The molecule has 0 bridgehead atoms. The summed E-state index contributed by atoms with van der Waals surface area (Å²) in [7, 11) is 0. The van der Waals surface area contributed by atoms with Crippen LogP contribution in [0.15, 0.2) is 12.3 Å². The fourth-order valence-electron chi connectivity index (χ4n) is 1.24. The summed E-state index contributed by atoms with van der Waals surface area (Å²) in [5, 5.41) is 5.19. The molecule has 10 heteroatoms. The van der Waals surface area contributed by atoms with Crippen molar-refractivity contribution in [3.05, 3.63) is 18.0 Å². The summed E-state index contributed by atoms with van der Waals surface area (Å²) in [4.78, 5) is 18.4. The van der Waals surface area contributed by atoms with E-state index in [9.17, 15) is 18.0 Å². The predicted octanol–water partition coefficient (Wildman–Crippen LogP) is 1.04. The van der Waals surface area contributed by atoms with Crippen LogP contribution in [0.4, 0.5) is 19.1 Å². The fraction of sp³-hybridized carbons (Fsp3) is 0.545. The van der Waals surface area contributed by atoms with Gasteiger partial charge in [-0.2, -0.15) is 13.2 Å². The molecule has 0 aliphatic rings. The summed E-state index contributed by atoms with van der Waals surface area (Å²) in [6, 6.07) is 0.788. The van der Waals surface area contributed by atoms with Gasteiger partial charge in [0.15, 0.2) is 0 Å². The lowest BCUT2D eigenvalue weighted by Crippen LogP contribution is -2.36. The standard InChI is InChI=1S/C11H16F3N5O.ClH/c1-7(6-15)9(20)16-4-5-18-10-17-3-2-8(19-10)11(12,13)14;/h2-3,7H,4-6,15H2,1H3,(H,16,20)(H,17,18,19);1H. The summed E-state index contributed by atoms with van der Waals surface area (Å²) >= 11 is 0. The molecular weight excluding hydrogens is 311 g/mol. The molecule has 1 heterocycles. The SMILES string of the molecule is CC(CN)C(=O)NCCNc1nccc(C(F)(F)F)n1.Cl. The second-order valence-electron chi connectivity index (χ2n) is 4.12. The average Bonchev–Trinajstić information content (AvgIpc) is 2.41. The molecule has 1 rings (SSSR count). The molecule has 0 spiro atoms. The first-order chi connectivity index (χ1) is 9.34. The van der Waals surface area contributed by atoms with Crippen molar-refractivity contribution >= 4 is 24.3 Å². The minimum absolute atomic E-state index is 0. The lowest BCUT2D eigenvalue weighted by atomic mass is 10.2. The number of alkyl halides is 3. The number of aromatic nitrogens is 2. The number of hydrogen-bond acceptors (Lipinski definition) is 5. The zero-order valence-electron chi connectivity index (χ0n) is 11.3. The van der Waals surface area contributed by atoms with Crippen molar-refractivity contribution in [3.8, 4) is 0 Å². The van der Waals surface area contributed by atoms with Crippen LogP contribution >= 0.6 is 12.4 Å². The minimum atomic E-state index is -4.51. The van der Waals surface area contributed by atoms with Gasteiger partial charge in [-0.15, -0.1) is 12.4 Å². The van der Waals surface area contributed by atoms with Crippen molar-refractivity contribution in [2.75, 3.05) is 25.0 Å². The minimum Gasteiger partial charge on any atom is -0.354 e. The number of nitrogens with zero attached hydrogens (tertiary/aromatic N) is 2. The molecule has 0 aliphatic heterocycles. The Kier molecular flexibility index (Phi) is 7.97. The summed E-state index contributed by atoms with van der Waals surface area (Å²) in [5.74, 6) is -0.653. The number of hydrogen-bond donors (Lipinski definition) is 3. The van der Waals surface area contributed by atoms with Gasteiger partial charge in [-0.05, 0) is 6.07 Å². The van der Waals surface area contributed by atoms with E-state index in [1.165, 1.54) is 0 Å². The third kappa shape index (κ3) is 6.58. The molecule has 0 fully saturated rings. The number of carbonyl (C=O) groups is 1. The summed E-state index contributed by atoms with van der Waals surface area (Å²) in [6.07, 6.45) is -3.49. The smallest absolute Gasteiger partial charge is 0.354 e. The van der Waals surface area contributed by atoms with E-state index in [1.807, 2.05) is 0 Å². The van der Waals surface area contributed by atoms with Gasteiger partial charge in [0.2, 0.25) is 11.9 Å². The van der Waals surface area contributed by atoms with Gasteiger partial charge in [0.25, 0.3) is 0 Å². The van der Waals surface area contributed by atoms with Crippen molar-refractivity contribution in [1.82, 2.24) is 15.3 Å². The first-order valence-corrected chi connectivity index (χ1v) is 5.96. The van der Waals surface area contributed by atoms with Crippen LogP contribution in [0.1, 0.15) is 12.6 Å². The highest BCUT2D eigenvalue weighted by Gasteiger charge is 2.32. The molecule has 1 amide bonds. The van der Waals surface area contributed by atoms with Crippen LogP contribution in [-0.4, -0.2) is 35.5 Å². The van der Waals surface area contributed by atoms with Crippen molar-refractivity contribution in [1.29, 1.82) is 0 Å². The van der Waals surface area contributed by atoms with Crippen molar-refractivity contribution in [2.24, 2.45) is 11.7 Å². The molecule has 1 unspecified atom stereocenters. The number of carbonyl (C=O) groups excluding carboxylic acids is 1. The molecule has 21 heavy (non-hydrogen) atoms. The number of halogens is 4. The molecule has 0 saturated carbocycles. The monoisotopic (exact) mass is 327 g/mol. The Bertz CT molecular complexity index is 458. The third-order valence-corrected chi connectivity index (χ3v) is 2.45. The van der Waals surface area contributed by atoms with E-state index in [4.69, 9.17) is 5.73 Å². The molecular formula is C11H17ClF3N5O. The van der Waals surface area contributed by atoms with E-state index >= 15 is 0 Å². The van der Waals surface area contributed by atoms with Crippen LogP contribution in [0.5, 0.6) is 0 Å². The maximum Gasteiger partial charge on any atom is 0.433 e. The van der Waals surface area contributed by atoms with Gasteiger partial charge in [0.05, 0.1) is 0 Å². The highest BCUT2D eigenvalue weighted by molar-refractivity contribution is 5.85. The van der Waals surface area contributed by atoms with E-state index in [0.717, 1.165) is 12.3 Å². The molecule has 0 radical (unpaired) electrons. The zero-order chi connectivity index (χ0) is 15.2. The lowest BCUT2D eigenvalue weighted by Gasteiger charge is -2.11. The van der Waals surface area contributed by atoms with Crippen LogP contribution in [0.25, 0.3) is 0 Å². The highest BCUT2D eigenvalue weighted by Crippen LogP contribution is 2.27. The molecule has 0 aliphatic carbocycles. The first kappa shape index (κ1) is 19.4. The van der Waals surface area contributed by atoms with Gasteiger partial charge in [-0.3, -0.25) is 4.79 Å². The lowest BCUT2D eigenvalue weighted by molar-refractivity contribution is -0.141. The Hall–Kier alpha value is -1.61. The number of rotatable bonds is 6. The molecule has 0 saturated heterocycles. The van der Waals surface area contributed by atoms with Crippen molar-refractivity contribution < 1.29 is 18.0 Å². The van der Waals surface area contributed by atoms with Gasteiger partial charge in [-0.1, -0.05) is 6.92 Å². The molecule has 1 atom stereocenters. The summed E-state index contributed by atoms with van der Waals surface area (Å²) in [6.45, 7) is 2.36. The van der Waals surface area contributed by atoms with Crippen molar-refractivity contribution in [3.63, 3.8) is 0 Å². The van der Waals surface area contributed by atoms with Crippen LogP contribution in [0.2, 0.25) is 0 Å². The van der Waals surface area contributed by atoms with Gasteiger partial charge in [0.1, 0.15) is 5.69 Å². The summed E-state index contributed by atoms with van der Waals surface area (Å²) < 4.78 is 37.2. The zero-order valence-corrected chi connectivity index (χ0v) is 12.1. The van der Waals surface area contributed by atoms with E-state index in [-0.39, 0.29) is 49.8 Å². The van der Waals surface area contributed by atoms with E-state index in [0.29, 0.717) is 0 Å². The van der Waals surface area contributed by atoms with Crippen LogP contribution in [0, 0.1) is 5.92 Å². The molecule has 1 aromatic rings. The fourth-order valence-corrected chi connectivity index (χ4v) is 1.24. The highest BCUT2D eigenvalue weighted by atomic mass is 35.5. The topological polar surface area (TPSA) is 92.9 Å². The second kappa shape index (κ2) is 8.63. The molecule has 0 aromatic carbocycles. The number of nitrogens with two attached hydrogens (primary N) is 1. The Morgan fingerprint density at radius 1 is 1.43 bits per heavy atom. The predicted molar refractivity (Wildman–Crippen MR) is 74.0 cm³/mol. The van der Waals surface area contributed by atoms with Gasteiger partial charge in [0, 0.05) is 31.7 Å². The number of amides is 1. The van der Waals surface area contributed by atoms with E-state index in [1.54, 1.807) is 6.92 Å². The van der Waals surface area contributed by atoms with E-state index in [2.05, 4.69) is 20.6 Å². The van der Waals surface area contributed by atoms with Gasteiger partial charge < -0.3 is 16.4 Å². The molecule has 4 N–H and O–H groups in total. The number of anilines is 1. The largest absolute Gasteiger partial charge is 0.433 e. The molecule has 6 nitrogen and oxygen atoms in total. The third-order valence-electron chi connectivity index (χ3n) is 2.45. The normalized spacial score (nSPS) is 12.2. The Balaban J connectivity index is 0.00000400. The second-order valence-corrected chi connectivity index (χ2v) is 4.12. The maximum atomic E-state index is 12.4.